The second-order valence-corrected chi connectivity index (χ2v) is 7.46. The number of carbonyl (C=O) groups is 2. The maximum Gasteiger partial charge on any atom is 0.258 e. The summed E-state index contributed by atoms with van der Waals surface area (Å²) in [5.74, 6) is -1.34. The number of aromatic nitrogens is 2. The fourth-order valence-corrected chi connectivity index (χ4v) is 3.67. The van der Waals surface area contributed by atoms with Gasteiger partial charge in [0.15, 0.2) is 11.5 Å². The number of hydrogen-bond acceptors (Lipinski definition) is 7. The molecule has 0 bridgehead atoms. The van der Waals surface area contributed by atoms with Gasteiger partial charge in [0.1, 0.15) is 24.8 Å². The minimum atomic E-state index is -1.04. The van der Waals surface area contributed by atoms with Crippen LogP contribution in [0.5, 0.6) is 11.5 Å². The smallest absolute Gasteiger partial charge is 0.258 e. The third-order valence-electron chi connectivity index (χ3n) is 5.18. The maximum atomic E-state index is 13.1. The minimum absolute atomic E-state index is 0.0121. The van der Waals surface area contributed by atoms with Crippen molar-refractivity contribution in [1.82, 2.24) is 9.97 Å². The van der Waals surface area contributed by atoms with Crippen molar-refractivity contribution in [2.75, 3.05) is 29.2 Å². The molecule has 0 fully saturated rings. The van der Waals surface area contributed by atoms with Crippen LogP contribution in [0.15, 0.2) is 47.3 Å². The Morgan fingerprint density at radius 3 is 2.55 bits per heavy atom. The van der Waals surface area contributed by atoms with E-state index in [0.717, 1.165) is 0 Å². The molecule has 0 aliphatic carbocycles. The molecule has 1 atom stereocenters. The molecule has 11 heteroatoms. The number of carbonyl (C=O) groups excluding carboxylic acids is 2. The van der Waals surface area contributed by atoms with Crippen LogP contribution in [-0.4, -0.2) is 35.0 Å². The van der Waals surface area contributed by atoms with Crippen LogP contribution < -0.4 is 31.0 Å². The first-order chi connectivity index (χ1) is 16.0. The van der Waals surface area contributed by atoms with Crippen molar-refractivity contribution in [2.24, 2.45) is 0 Å². The molecule has 1 aromatic heterocycles. The molecule has 3 heterocycles. The Morgan fingerprint density at radius 2 is 1.76 bits per heavy atom. The molecule has 2 aliphatic rings. The Labute approximate surface area is 186 Å². The van der Waals surface area contributed by atoms with Gasteiger partial charge in [-0.3, -0.25) is 19.4 Å². The van der Waals surface area contributed by atoms with Crippen molar-refractivity contribution in [3.05, 3.63) is 64.2 Å². The highest BCUT2D eigenvalue weighted by Crippen LogP contribution is 2.34. The average Bonchev–Trinajstić information content (AvgIpc) is 2.79. The van der Waals surface area contributed by atoms with E-state index in [4.69, 9.17) is 9.47 Å². The van der Waals surface area contributed by atoms with Gasteiger partial charge in [-0.05, 0) is 36.4 Å². The van der Waals surface area contributed by atoms with Crippen molar-refractivity contribution in [2.45, 2.75) is 12.3 Å². The third kappa shape index (κ3) is 4.20. The Hall–Kier alpha value is -4.41. The van der Waals surface area contributed by atoms with E-state index in [1.807, 2.05) is 0 Å². The number of amides is 2. The predicted octanol–water partition coefficient (Wildman–Crippen LogP) is 2.49. The molecule has 5 rings (SSSR count). The summed E-state index contributed by atoms with van der Waals surface area (Å²) in [5, 5.41) is 8.10. The van der Waals surface area contributed by atoms with Gasteiger partial charge in [0, 0.05) is 23.9 Å². The lowest BCUT2D eigenvalue weighted by Gasteiger charge is -2.24. The van der Waals surface area contributed by atoms with Crippen LogP contribution >= 0.6 is 0 Å². The first kappa shape index (κ1) is 20.5. The van der Waals surface area contributed by atoms with Crippen LogP contribution in [0.1, 0.15) is 17.9 Å². The number of halogens is 1. The standard InChI is InChI=1S/C22H18FN5O5/c23-11-1-3-12(4-2-11)25-22-27-19-18(21(31)28-22)14(10-17(29)26-19)20(30)24-13-5-6-15-16(9-13)33-8-7-32-15/h1-6,9,14H,7-8,10H2,(H,24,30)(H3,25,26,27,28,29,31). The summed E-state index contributed by atoms with van der Waals surface area (Å²) in [6, 6.07) is 10.4. The number of benzene rings is 2. The van der Waals surface area contributed by atoms with E-state index in [2.05, 4.69) is 25.9 Å². The number of fused-ring (bicyclic) bond motifs is 2. The molecule has 3 aromatic rings. The lowest BCUT2D eigenvalue weighted by atomic mass is 9.92. The Bertz CT molecular complexity index is 1310. The van der Waals surface area contributed by atoms with Gasteiger partial charge in [0.05, 0.1) is 11.5 Å². The van der Waals surface area contributed by atoms with Crippen molar-refractivity contribution in [3.63, 3.8) is 0 Å². The SMILES string of the molecule is O=C1CC(C(=O)Nc2ccc3c(c2)OCCO3)c2c(nc(Nc3ccc(F)cc3)[nH]c2=O)N1. The lowest BCUT2D eigenvalue weighted by Crippen LogP contribution is -2.36. The van der Waals surface area contributed by atoms with E-state index < -0.39 is 29.1 Å². The molecule has 2 amide bonds. The summed E-state index contributed by atoms with van der Waals surface area (Å²) in [4.78, 5) is 44.9. The molecule has 0 spiro atoms. The van der Waals surface area contributed by atoms with Crippen LogP contribution in [0, 0.1) is 5.82 Å². The number of aromatic amines is 1. The van der Waals surface area contributed by atoms with Gasteiger partial charge >= 0.3 is 0 Å². The molecular formula is C22H18FN5O5. The van der Waals surface area contributed by atoms with Crippen molar-refractivity contribution < 1.29 is 23.5 Å². The van der Waals surface area contributed by atoms with E-state index in [1.54, 1.807) is 18.2 Å². The quantitative estimate of drug-likeness (QED) is 0.479. The second kappa shape index (κ2) is 8.26. The highest BCUT2D eigenvalue weighted by molar-refractivity contribution is 6.04. The van der Waals surface area contributed by atoms with Gasteiger partial charge in [0.2, 0.25) is 17.8 Å². The van der Waals surface area contributed by atoms with Crippen molar-refractivity contribution >= 4 is 35.0 Å². The van der Waals surface area contributed by atoms with E-state index in [1.165, 1.54) is 24.3 Å². The number of hydrogen-bond donors (Lipinski definition) is 4. The first-order valence-corrected chi connectivity index (χ1v) is 10.1. The van der Waals surface area contributed by atoms with Crippen LogP contribution in [0.4, 0.5) is 27.5 Å². The fourth-order valence-electron chi connectivity index (χ4n) is 3.67. The van der Waals surface area contributed by atoms with Gasteiger partial charge in [0.25, 0.3) is 5.56 Å². The summed E-state index contributed by atoms with van der Waals surface area (Å²) in [6.07, 6.45) is -0.209. The van der Waals surface area contributed by atoms with Crippen LogP contribution in [0.25, 0.3) is 0 Å². The van der Waals surface area contributed by atoms with Gasteiger partial charge < -0.3 is 25.4 Å². The van der Waals surface area contributed by atoms with Crippen LogP contribution in [0.3, 0.4) is 0 Å². The molecule has 4 N–H and O–H groups in total. The summed E-state index contributed by atoms with van der Waals surface area (Å²) in [5.41, 5.74) is 0.395. The van der Waals surface area contributed by atoms with E-state index in [-0.39, 0.29) is 23.8 Å². The van der Waals surface area contributed by atoms with Crippen molar-refractivity contribution in [1.29, 1.82) is 0 Å². The minimum Gasteiger partial charge on any atom is -0.486 e. The summed E-state index contributed by atoms with van der Waals surface area (Å²) < 4.78 is 24.1. The zero-order valence-electron chi connectivity index (χ0n) is 17.1. The van der Waals surface area contributed by atoms with E-state index >= 15 is 0 Å². The summed E-state index contributed by atoms with van der Waals surface area (Å²) in [7, 11) is 0. The normalized spacial score (nSPS) is 16.4. The zero-order valence-corrected chi connectivity index (χ0v) is 17.1. The second-order valence-electron chi connectivity index (χ2n) is 7.46. The molecule has 2 aromatic carbocycles. The van der Waals surface area contributed by atoms with Crippen molar-refractivity contribution in [3.8, 4) is 11.5 Å². The topological polar surface area (TPSA) is 134 Å². The van der Waals surface area contributed by atoms with Gasteiger partial charge in [-0.2, -0.15) is 4.98 Å². The first-order valence-electron chi connectivity index (χ1n) is 10.1. The Morgan fingerprint density at radius 1 is 1.03 bits per heavy atom. The molecule has 2 aliphatic heterocycles. The Kier molecular flexibility index (Phi) is 5.13. The van der Waals surface area contributed by atoms with Gasteiger partial charge in [-0.25, -0.2) is 4.39 Å². The highest BCUT2D eigenvalue weighted by Gasteiger charge is 2.35. The number of nitrogens with one attached hydrogen (secondary N) is 4. The number of ether oxygens (including phenoxy) is 2. The summed E-state index contributed by atoms with van der Waals surface area (Å²) in [6.45, 7) is 0.844. The molecule has 0 radical (unpaired) electrons. The van der Waals surface area contributed by atoms with Gasteiger partial charge in [-0.1, -0.05) is 0 Å². The zero-order chi connectivity index (χ0) is 22.9. The molecule has 33 heavy (non-hydrogen) atoms. The Balaban J connectivity index is 1.41. The number of H-pyrrole nitrogens is 1. The number of rotatable bonds is 4. The molecule has 0 saturated heterocycles. The van der Waals surface area contributed by atoms with Crippen LogP contribution in [0.2, 0.25) is 0 Å². The number of nitrogens with zero attached hydrogens (tertiary/aromatic N) is 1. The monoisotopic (exact) mass is 451 g/mol. The third-order valence-corrected chi connectivity index (χ3v) is 5.18. The lowest BCUT2D eigenvalue weighted by molar-refractivity contribution is -0.123. The van der Waals surface area contributed by atoms with E-state index in [9.17, 15) is 18.8 Å². The molecule has 0 saturated carbocycles. The average molecular weight is 451 g/mol. The molecule has 168 valence electrons. The largest absolute Gasteiger partial charge is 0.486 e. The molecule has 10 nitrogen and oxygen atoms in total. The predicted molar refractivity (Wildman–Crippen MR) is 117 cm³/mol. The van der Waals surface area contributed by atoms with E-state index in [0.29, 0.717) is 36.1 Å². The summed E-state index contributed by atoms with van der Waals surface area (Å²) >= 11 is 0. The maximum absolute atomic E-state index is 13.1. The fraction of sp³-hybridized carbons (Fsp3) is 0.182. The number of anilines is 4. The highest BCUT2D eigenvalue weighted by atomic mass is 19.1. The van der Waals surface area contributed by atoms with Crippen LogP contribution in [-0.2, 0) is 9.59 Å². The molecule has 1 unspecified atom stereocenters. The molecular weight excluding hydrogens is 433 g/mol. The van der Waals surface area contributed by atoms with Gasteiger partial charge in [-0.15, -0.1) is 0 Å².